The zero-order valence-electron chi connectivity index (χ0n) is 40.5. The number of fused-ring (bicyclic) bond motifs is 2. The summed E-state index contributed by atoms with van der Waals surface area (Å²) in [6.07, 6.45) is 0.346. The minimum atomic E-state index is -1.63. The third-order valence-corrected chi connectivity index (χ3v) is 13.9. The van der Waals surface area contributed by atoms with Gasteiger partial charge >= 0.3 is 0 Å². The van der Waals surface area contributed by atoms with Crippen molar-refractivity contribution in [1.29, 1.82) is 0 Å². The first-order valence-corrected chi connectivity index (χ1v) is 22.8. The molecule has 0 spiro atoms. The fourth-order valence-electron chi connectivity index (χ4n) is 8.10. The molecule has 70 heavy (non-hydrogen) atoms. The number of carbonyl (C=O) groups excluding carboxylic acids is 4. The second-order valence-electron chi connectivity index (χ2n) is 18.7. The maximum Gasteiger partial charge on any atom is 0.251 e. The predicted molar refractivity (Wildman–Crippen MR) is 252 cm³/mol. The molecule has 23 nitrogen and oxygen atoms in total. The predicted octanol–water partition coefficient (Wildman–Crippen LogP) is -5.14. The Labute approximate surface area is 406 Å². The summed E-state index contributed by atoms with van der Waals surface area (Å²) in [5.41, 5.74) is -2.89. The van der Waals surface area contributed by atoms with Gasteiger partial charge in [-0.25, -0.2) is 0 Å². The van der Waals surface area contributed by atoms with Crippen LogP contribution in [0.4, 0.5) is 11.4 Å². The molecule has 0 aromatic heterocycles. The van der Waals surface area contributed by atoms with Crippen LogP contribution in [-0.2, 0) is 20.4 Å². The summed E-state index contributed by atoms with van der Waals surface area (Å²) in [6.45, 7) is 2.21. The van der Waals surface area contributed by atoms with Crippen LogP contribution in [0.5, 0.6) is 0 Å². The van der Waals surface area contributed by atoms with E-state index in [1.165, 1.54) is 12.1 Å². The molecule has 2 heterocycles. The van der Waals surface area contributed by atoms with E-state index in [9.17, 15) is 85.6 Å². The van der Waals surface area contributed by atoms with Gasteiger partial charge in [0.1, 0.15) is 22.0 Å². The lowest BCUT2D eigenvalue weighted by Crippen LogP contribution is -2.57. The number of nitrogens with zero attached hydrogens (tertiary/aromatic N) is 2. The van der Waals surface area contributed by atoms with Gasteiger partial charge in [-0.2, -0.15) is 9.15 Å². The zero-order chi connectivity index (χ0) is 52.9. The van der Waals surface area contributed by atoms with Gasteiger partial charge in [-0.05, 0) is 44.5 Å². The third-order valence-electron chi connectivity index (χ3n) is 13.9. The van der Waals surface area contributed by atoms with Crippen molar-refractivity contribution in [2.75, 3.05) is 99.0 Å². The summed E-state index contributed by atoms with van der Waals surface area (Å²) in [6, 6.07) is 9.61. The Bertz CT molecular complexity index is 2180. The lowest BCUT2D eigenvalue weighted by atomic mass is 9.79. The molecule has 2 aromatic rings. The molecule has 17 N–H and O–H groups in total. The first-order valence-electron chi connectivity index (χ1n) is 22.8. The van der Waals surface area contributed by atoms with E-state index in [1.54, 1.807) is 42.7 Å². The first kappa shape index (κ1) is 59.4. The average molecular weight is 995 g/mol. The van der Waals surface area contributed by atoms with Crippen molar-refractivity contribution in [2.24, 2.45) is 0 Å². The maximum atomic E-state index is 12.8. The van der Waals surface area contributed by atoms with E-state index in [4.69, 9.17) is 0 Å². The van der Waals surface area contributed by atoms with Crippen LogP contribution in [0.15, 0.2) is 36.4 Å². The first-order chi connectivity index (χ1) is 33.1. The molecule has 2 aromatic carbocycles. The fraction of sp³-hybridized carbons (Fsp3) is 0.617. The van der Waals surface area contributed by atoms with Gasteiger partial charge in [0.25, 0.3) is 11.8 Å². The molecule has 0 fully saturated rings. The Kier molecular flexibility index (Phi) is 21.2. The van der Waals surface area contributed by atoms with Crippen molar-refractivity contribution in [3.05, 3.63) is 58.7 Å². The lowest BCUT2D eigenvalue weighted by Gasteiger charge is -2.29. The quantitative estimate of drug-likeness (QED) is 0.0392. The number of benzene rings is 2. The summed E-state index contributed by atoms with van der Waals surface area (Å²) in [5.74, 6) is -2.08. The number of hydrogen-bond donors (Lipinski definition) is 17. The van der Waals surface area contributed by atoms with Crippen molar-refractivity contribution in [3.63, 3.8) is 0 Å². The summed E-state index contributed by atoms with van der Waals surface area (Å²) in [7, 11) is 0. The van der Waals surface area contributed by atoms with Gasteiger partial charge in [0.15, 0.2) is 24.5 Å². The fourth-order valence-corrected chi connectivity index (χ4v) is 8.10. The Morgan fingerprint density at radius 3 is 1.17 bits per heavy atom. The van der Waals surface area contributed by atoms with Crippen LogP contribution >= 0.6 is 0 Å². The Morgan fingerprint density at radius 1 is 0.486 bits per heavy atom. The molecule has 0 atom stereocenters. The monoisotopic (exact) mass is 995 g/mol. The number of carbonyl (C=O) groups is 4. The second kappa shape index (κ2) is 25.0. The maximum absolute atomic E-state index is 12.8. The van der Waals surface area contributed by atoms with Crippen molar-refractivity contribution in [1.82, 2.24) is 21.3 Å². The molecule has 2 aliphatic heterocycles. The van der Waals surface area contributed by atoms with Gasteiger partial charge in [-0.1, -0.05) is 6.92 Å². The highest BCUT2D eigenvalue weighted by Gasteiger charge is 2.50. The Balaban J connectivity index is 0.000000371. The molecular formula is C47H74N6O17+2. The topological polar surface area (TPSA) is 385 Å². The van der Waals surface area contributed by atoms with Gasteiger partial charge in [-0.15, -0.1) is 0 Å². The minimum absolute atomic E-state index is 0.0142. The molecule has 4 rings (SSSR count). The SMILES string of the molecule is CC1=[N+](CCC(=O)NC(CO)(CO)CO)c2ccc(C(=O)NC(CO)(CO)CO)cc2C1(C)C.CCC(CO)(CO)NC(=O)CC[N+]1=C(C)C(CO)(CO)c2cc(C(=O)NC(CO)(CO)CO)ccc21. The molecule has 0 saturated carbocycles. The van der Waals surface area contributed by atoms with Crippen LogP contribution < -0.4 is 21.3 Å². The summed E-state index contributed by atoms with van der Waals surface area (Å²) >= 11 is 0. The van der Waals surface area contributed by atoms with Crippen molar-refractivity contribution in [3.8, 4) is 0 Å². The lowest BCUT2D eigenvalue weighted by molar-refractivity contribution is -0.438. The summed E-state index contributed by atoms with van der Waals surface area (Å²) in [5, 5.41) is 135. The van der Waals surface area contributed by atoms with Gasteiger partial charge in [-0.3, -0.25) is 19.2 Å². The zero-order valence-corrected chi connectivity index (χ0v) is 40.5. The van der Waals surface area contributed by atoms with Crippen LogP contribution in [0, 0.1) is 0 Å². The molecule has 0 aliphatic carbocycles. The number of hydrogen-bond acceptors (Lipinski definition) is 17. The van der Waals surface area contributed by atoms with Crippen molar-refractivity contribution < 1.29 is 94.7 Å². The Morgan fingerprint density at radius 2 is 0.814 bits per heavy atom. The number of nitrogens with one attached hydrogen (secondary N) is 4. The average Bonchev–Trinajstić information content (AvgIpc) is 3.74. The standard InChI is InChI=1S/C24H37N3O9.C23H35N3O8/c1-3-22(9-28,10-29)25-20(35)6-7-27-16(2)24(14-33,15-34)18-8-17(4-5-19(18)27)21(36)26-23(11-30,12-31)13-32;1-15-21(2,3)17-8-16(20(34)25-23(12-30,13-31)14-32)4-5-18(17)26(15)7-6-19(33)24-22(9-27,10-28)11-29/h4-5,8,28-34H,3,6-7,9-15H2,1-2H3,(H-,25,26,35,36);4-5,8,27-32H,6-7,9-14H2,1-3H3,(H-,24,25,33,34)/p+2. The van der Waals surface area contributed by atoms with E-state index in [1.807, 2.05) is 25.3 Å². The molecular weight excluding hydrogens is 921 g/mol. The van der Waals surface area contributed by atoms with Crippen LogP contribution in [0.3, 0.4) is 0 Å². The molecule has 0 radical (unpaired) electrons. The highest BCUT2D eigenvalue weighted by atomic mass is 16.3. The van der Waals surface area contributed by atoms with E-state index in [2.05, 4.69) is 21.3 Å². The molecule has 23 heteroatoms. The van der Waals surface area contributed by atoms with Gasteiger partial charge in [0.2, 0.25) is 23.2 Å². The van der Waals surface area contributed by atoms with Crippen molar-refractivity contribution >= 4 is 46.4 Å². The smallest absolute Gasteiger partial charge is 0.251 e. The molecule has 0 saturated heterocycles. The van der Waals surface area contributed by atoms with Gasteiger partial charge < -0.3 is 87.7 Å². The number of amides is 4. The van der Waals surface area contributed by atoms with Crippen LogP contribution in [0.1, 0.15) is 85.7 Å². The van der Waals surface area contributed by atoms with Crippen LogP contribution in [0.25, 0.3) is 0 Å². The van der Waals surface area contributed by atoms with Gasteiger partial charge in [0, 0.05) is 48.2 Å². The number of aliphatic hydroxyl groups is 13. The van der Waals surface area contributed by atoms with Crippen molar-refractivity contribution in [2.45, 2.75) is 86.9 Å². The van der Waals surface area contributed by atoms with E-state index in [0.717, 1.165) is 17.0 Å². The largest absolute Gasteiger partial charge is 0.395 e. The molecule has 0 unspecified atom stereocenters. The Hall–Kier alpha value is -4.86. The van der Waals surface area contributed by atoms with E-state index in [0.29, 0.717) is 29.9 Å². The molecule has 392 valence electrons. The molecule has 0 bridgehead atoms. The third kappa shape index (κ3) is 12.2. The summed E-state index contributed by atoms with van der Waals surface area (Å²) < 4.78 is 3.71. The van der Waals surface area contributed by atoms with Crippen LogP contribution in [0.2, 0.25) is 0 Å². The molecule has 2 aliphatic rings. The van der Waals surface area contributed by atoms with Gasteiger partial charge in [0.05, 0.1) is 110 Å². The summed E-state index contributed by atoms with van der Waals surface area (Å²) in [4.78, 5) is 50.6. The van der Waals surface area contributed by atoms with Crippen LogP contribution in [-0.4, -0.2) is 232 Å². The number of aliphatic hydroxyl groups excluding tert-OH is 13. The highest BCUT2D eigenvalue weighted by Crippen LogP contribution is 2.41. The molecule has 4 amide bonds. The highest BCUT2D eigenvalue weighted by molar-refractivity contribution is 6.00. The normalized spacial score (nSPS) is 15.2. The minimum Gasteiger partial charge on any atom is -0.395 e. The van der Waals surface area contributed by atoms with E-state index < -0.39 is 143 Å². The van der Waals surface area contributed by atoms with E-state index >= 15 is 0 Å². The number of rotatable bonds is 26. The second-order valence-corrected chi connectivity index (χ2v) is 18.7. The van der Waals surface area contributed by atoms with E-state index in [-0.39, 0.29) is 30.5 Å².